The number of nitrogens with zero attached hydrogens (tertiary/aromatic N) is 1. The summed E-state index contributed by atoms with van der Waals surface area (Å²) in [6.45, 7) is 4.19. The Labute approximate surface area is 150 Å². The fraction of sp³-hybridized carbons (Fsp3) is 0.0952. The third kappa shape index (κ3) is 2.54. The minimum Gasteiger partial charge on any atom is -0.248 e. The highest BCUT2D eigenvalue weighted by molar-refractivity contribution is 6.42. The van der Waals surface area contributed by atoms with Crippen LogP contribution in [0.2, 0.25) is 10.0 Å². The van der Waals surface area contributed by atoms with Gasteiger partial charge >= 0.3 is 0 Å². The Balaban J connectivity index is 2.20. The van der Waals surface area contributed by atoms with Gasteiger partial charge in [-0.15, -0.1) is 0 Å². The lowest BCUT2D eigenvalue weighted by atomic mass is 9.94. The van der Waals surface area contributed by atoms with Gasteiger partial charge in [0.2, 0.25) is 0 Å². The van der Waals surface area contributed by atoms with Crippen LogP contribution in [0.3, 0.4) is 0 Å². The molecule has 24 heavy (non-hydrogen) atoms. The minimum absolute atomic E-state index is 0.563. The van der Waals surface area contributed by atoms with Crippen molar-refractivity contribution in [2.75, 3.05) is 0 Å². The van der Waals surface area contributed by atoms with E-state index in [2.05, 4.69) is 50.2 Å². The highest BCUT2D eigenvalue weighted by Crippen LogP contribution is 2.37. The standard InChI is InChI=1S/C21H15Cl2N/c1-12-3-7-19-15(9-12)21(14-5-6-17(22)18(23)11-14)16-10-13(2)4-8-20(16)24-19/h3-11H,1-2H3. The topological polar surface area (TPSA) is 12.9 Å². The van der Waals surface area contributed by atoms with Crippen LogP contribution in [-0.4, -0.2) is 4.98 Å². The van der Waals surface area contributed by atoms with E-state index < -0.39 is 0 Å². The molecule has 4 aromatic rings. The van der Waals surface area contributed by atoms with Crippen LogP contribution < -0.4 is 0 Å². The average Bonchev–Trinajstić information content (AvgIpc) is 2.56. The van der Waals surface area contributed by atoms with Crippen molar-refractivity contribution in [3.8, 4) is 11.1 Å². The van der Waals surface area contributed by atoms with Crippen LogP contribution in [0.1, 0.15) is 11.1 Å². The molecule has 0 amide bonds. The summed E-state index contributed by atoms with van der Waals surface area (Å²) >= 11 is 12.4. The summed E-state index contributed by atoms with van der Waals surface area (Å²) in [6, 6.07) is 18.5. The number of benzene rings is 3. The van der Waals surface area contributed by atoms with Crippen molar-refractivity contribution in [1.29, 1.82) is 0 Å². The van der Waals surface area contributed by atoms with Crippen molar-refractivity contribution in [3.05, 3.63) is 75.8 Å². The first-order valence-corrected chi connectivity index (χ1v) is 8.55. The van der Waals surface area contributed by atoms with Gasteiger partial charge in [0.15, 0.2) is 0 Å². The summed E-state index contributed by atoms with van der Waals surface area (Å²) in [5, 5.41) is 3.39. The number of aromatic nitrogens is 1. The summed E-state index contributed by atoms with van der Waals surface area (Å²) in [7, 11) is 0. The number of fused-ring (bicyclic) bond motifs is 2. The highest BCUT2D eigenvalue weighted by Gasteiger charge is 2.13. The van der Waals surface area contributed by atoms with E-state index in [0.29, 0.717) is 10.0 Å². The fourth-order valence-electron chi connectivity index (χ4n) is 3.13. The molecule has 1 nitrogen and oxygen atoms in total. The first kappa shape index (κ1) is 15.4. The molecule has 0 radical (unpaired) electrons. The van der Waals surface area contributed by atoms with Crippen molar-refractivity contribution < 1.29 is 0 Å². The minimum atomic E-state index is 0.563. The van der Waals surface area contributed by atoms with E-state index in [1.165, 1.54) is 11.1 Å². The summed E-state index contributed by atoms with van der Waals surface area (Å²) in [4.78, 5) is 4.83. The van der Waals surface area contributed by atoms with Gasteiger partial charge in [-0.05, 0) is 55.8 Å². The van der Waals surface area contributed by atoms with E-state index >= 15 is 0 Å². The number of halogens is 2. The summed E-state index contributed by atoms with van der Waals surface area (Å²) < 4.78 is 0. The second-order valence-electron chi connectivity index (χ2n) is 6.16. The van der Waals surface area contributed by atoms with Crippen molar-refractivity contribution in [1.82, 2.24) is 4.98 Å². The molecule has 0 aliphatic rings. The molecule has 0 fully saturated rings. The maximum Gasteiger partial charge on any atom is 0.0716 e. The molecule has 0 aliphatic carbocycles. The van der Waals surface area contributed by atoms with Crippen molar-refractivity contribution in [2.45, 2.75) is 13.8 Å². The van der Waals surface area contributed by atoms with Gasteiger partial charge in [0.1, 0.15) is 0 Å². The third-order valence-electron chi connectivity index (χ3n) is 4.29. The maximum atomic E-state index is 6.28. The molecule has 118 valence electrons. The Morgan fingerprint density at radius 1 is 0.667 bits per heavy atom. The molecule has 4 rings (SSSR count). The van der Waals surface area contributed by atoms with Crippen LogP contribution in [0.4, 0.5) is 0 Å². The molecule has 0 bridgehead atoms. The van der Waals surface area contributed by atoms with Gasteiger partial charge in [0, 0.05) is 16.3 Å². The molecular weight excluding hydrogens is 337 g/mol. The summed E-state index contributed by atoms with van der Waals surface area (Å²) in [5.74, 6) is 0. The Kier molecular flexibility index (Phi) is 3.71. The van der Waals surface area contributed by atoms with E-state index in [0.717, 1.165) is 32.9 Å². The molecular formula is C21H15Cl2N. The molecule has 1 heterocycles. The summed E-state index contributed by atoms with van der Waals surface area (Å²) in [6.07, 6.45) is 0. The molecule has 0 unspecified atom stereocenters. The van der Waals surface area contributed by atoms with Crippen LogP contribution in [0.15, 0.2) is 54.6 Å². The molecule has 0 saturated carbocycles. The Morgan fingerprint density at radius 3 is 1.79 bits per heavy atom. The first-order valence-electron chi connectivity index (χ1n) is 7.79. The second-order valence-corrected chi connectivity index (χ2v) is 6.97. The zero-order chi connectivity index (χ0) is 16.8. The van der Waals surface area contributed by atoms with Crippen molar-refractivity contribution >= 4 is 45.0 Å². The predicted molar refractivity (Wildman–Crippen MR) is 104 cm³/mol. The van der Waals surface area contributed by atoms with Gasteiger partial charge in [-0.2, -0.15) is 0 Å². The van der Waals surface area contributed by atoms with Gasteiger partial charge in [0.25, 0.3) is 0 Å². The zero-order valence-corrected chi connectivity index (χ0v) is 14.9. The van der Waals surface area contributed by atoms with Crippen LogP contribution in [0.25, 0.3) is 32.9 Å². The SMILES string of the molecule is Cc1ccc2nc3ccc(C)cc3c(-c3ccc(Cl)c(Cl)c3)c2c1. The van der Waals surface area contributed by atoms with Crippen LogP contribution >= 0.6 is 23.2 Å². The Hall–Kier alpha value is -2.09. The van der Waals surface area contributed by atoms with Gasteiger partial charge in [-0.25, -0.2) is 4.98 Å². The Morgan fingerprint density at radius 2 is 1.25 bits per heavy atom. The average molecular weight is 352 g/mol. The molecule has 0 aliphatic heterocycles. The molecule has 0 spiro atoms. The number of pyridine rings is 1. The second kappa shape index (κ2) is 5.77. The van der Waals surface area contributed by atoms with E-state index in [-0.39, 0.29) is 0 Å². The quantitative estimate of drug-likeness (QED) is 0.337. The smallest absolute Gasteiger partial charge is 0.0716 e. The van der Waals surface area contributed by atoms with Gasteiger partial charge in [-0.1, -0.05) is 52.5 Å². The summed E-state index contributed by atoms with van der Waals surface area (Å²) in [5.41, 5.74) is 6.59. The molecule has 0 saturated heterocycles. The Bertz CT molecular complexity index is 1040. The third-order valence-corrected chi connectivity index (χ3v) is 5.03. The van der Waals surface area contributed by atoms with Crippen molar-refractivity contribution in [2.24, 2.45) is 0 Å². The predicted octanol–water partition coefficient (Wildman–Crippen LogP) is 6.98. The monoisotopic (exact) mass is 351 g/mol. The van der Waals surface area contributed by atoms with E-state index in [9.17, 15) is 0 Å². The molecule has 0 atom stereocenters. The largest absolute Gasteiger partial charge is 0.248 e. The lowest BCUT2D eigenvalue weighted by Gasteiger charge is -2.13. The normalized spacial score (nSPS) is 11.3. The van der Waals surface area contributed by atoms with E-state index in [1.54, 1.807) is 0 Å². The highest BCUT2D eigenvalue weighted by atomic mass is 35.5. The molecule has 1 aromatic heterocycles. The zero-order valence-electron chi connectivity index (χ0n) is 13.4. The number of rotatable bonds is 1. The maximum absolute atomic E-state index is 6.28. The van der Waals surface area contributed by atoms with Crippen LogP contribution in [0, 0.1) is 13.8 Å². The number of hydrogen-bond donors (Lipinski definition) is 0. The first-order chi connectivity index (χ1) is 11.5. The number of aryl methyl sites for hydroxylation is 2. The van der Waals surface area contributed by atoms with Crippen LogP contribution in [0.5, 0.6) is 0 Å². The van der Waals surface area contributed by atoms with Crippen molar-refractivity contribution in [3.63, 3.8) is 0 Å². The molecule has 3 aromatic carbocycles. The van der Waals surface area contributed by atoms with Crippen LogP contribution in [-0.2, 0) is 0 Å². The van der Waals surface area contributed by atoms with Gasteiger partial charge < -0.3 is 0 Å². The molecule has 0 N–H and O–H groups in total. The van der Waals surface area contributed by atoms with E-state index in [1.807, 2.05) is 18.2 Å². The van der Waals surface area contributed by atoms with Gasteiger partial charge in [0.05, 0.1) is 21.1 Å². The lowest BCUT2D eigenvalue weighted by molar-refractivity contribution is 1.43. The fourth-order valence-corrected chi connectivity index (χ4v) is 3.43. The van der Waals surface area contributed by atoms with Gasteiger partial charge in [-0.3, -0.25) is 0 Å². The lowest BCUT2D eigenvalue weighted by Crippen LogP contribution is -1.91. The molecule has 3 heteroatoms. The van der Waals surface area contributed by atoms with E-state index in [4.69, 9.17) is 28.2 Å². The number of hydrogen-bond acceptors (Lipinski definition) is 1.